The Labute approximate surface area is 167 Å². The molecule has 1 aromatic rings. The molecule has 5 nitrogen and oxygen atoms in total. The van der Waals surface area contributed by atoms with Crippen LogP contribution in [0.4, 0.5) is 0 Å². The summed E-state index contributed by atoms with van der Waals surface area (Å²) in [5, 5.41) is 29.8. The number of rotatable bonds is 10. The summed E-state index contributed by atoms with van der Waals surface area (Å²) in [7, 11) is 0. The van der Waals surface area contributed by atoms with Crippen LogP contribution in [0.25, 0.3) is 0 Å². The number of aliphatic hydroxyl groups excluding tert-OH is 2. The van der Waals surface area contributed by atoms with Crippen molar-refractivity contribution >= 4 is 5.97 Å². The van der Waals surface area contributed by atoms with Crippen LogP contribution in [0.1, 0.15) is 63.0 Å². The minimum atomic E-state index is -0.972. The van der Waals surface area contributed by atoms with E-state index in [0.29, 0.717) is 17.6 Å². The van der Waals surface area contributed by atoms with E-state index in [9.17, 15) is 15.0 Å². The van der Waals surface area contributed by atoms with E-state index in [-0.39, 0.29) is 24.7 Å². The molecule has 2 aliphatic carbocycles. The zero-order valence-electron chi connectivity index (χ0n) is 16.8. The van der Waals surface area contributed by atoms with Gasteiger partial charge in [0.15, 0.2) is 6.61 Å². The van der Waals surface area contributed by atoms with E-state index >= 15 is 0 Å². The Hall–Kier alpha value is -1.59. The fourth-order valence-electron chi connectivity index (χ4n) is 5.24. The molecule has 28 heavy (non-hydrogen) atoms. The van der Waals surface area contributed by atoms with Crippen molar-refractivity contribution in [2.24, 2.45) is 17.8 Å². The molecule has 2 aliphatic rings. The van der Waals surface area contributed by atoms with Gasteiger partial charge in [0.25, 0.3) is 0 Å². The van der Waals surface area contributed by atoms with Gasteiger partial charge in [-0.05, 0) is 73.5 Å². The van der Waals surface area contributed by atoms with Gasteiger partial charge in [-0.1, -0.05) is 38.3 Å². The van der Waals surface area contributed by atoms with Crippen LogP contribution in [0.3, 0.4) is 0 Å². The minimum Gasteiger partial charge on any atom is -0.482 e. The van der Waals surface area contributed by atoms with Gasteiger partial charge in [0.2, 0.25) is 0 Å². The summed E-state index contributed by atoms with van der Waals surface area (Å²) in [6.07, 6.45) is 7.85. The average molecular weight is 391 g/mol. The Morgan fingerprint density at radius 1 is 1.25 bits per heavy atom. The van der Waals surface area contributed by atoms with Crippen molar-refractivity contribution in [1.29, 1.82) is 0 Å². The lowest BCUT2D eigenvalue weighted by Crippen LogP contribution is -2.28. The summed E-state index contributed by atoms with van der Waals surface area (Å²) in [5.41, 5.74) is 2.32. The molecule has 0 saturated heterocycles. The molecule has 0 aliphatic heterocycles. The summed E-state index contributed by atoms with van der Waals surface area (Å²) in [6.45, 7) is 1.84. The van der Waals surface area contributed by atoms with Crippen LogP contribution in [0, 0.1) is 17.8 Å². The van der Waals surface area contributed by atoms with Crippen LogP contribution in [0.5, 0.6) is 5.75 Å². The lowest BCUT2D eigenvalue weighted by molar-refractivity contribution is -0.139. The Balaban J connectivity index is 1.62. The maximum Gasteiger partial charge on any atom is 0.341 e. The topological polar surface area (TPSA) is 87.0 Å². The third kappa shape index (κ3) is 5.06. The summed E-state index contributed by atoms with van der Waals surface area (Å²) in [4.78, 5) is 10.8. The molecule has 0 radical (unpaired) electrons. The van der Waals surface area contributed by atoms with Gasteiger partial charge < -0.3 is 20.1 Å². The number of unbranched alkanes of at least 4 members (excludes halogenated alkanes) is 2. The highest BCUT2D eigenvalue weighted by molar-refractivity contribution is 5.68. The van der Waals surface area contributed by atoms with E-state index in [0.717, 1.165) is 63.4 Å². The Morgan fingerprint density at radius 3 is 2.82 bits per heavy atom. The highest BCUT2D eigenvalue weighted by Crippen LogP contribution is 2.48. The first-order valence-corrected chi connectivity index (χ1v) is 10.8. The number of benzene rings is 1. The van der Waals surface area contributed by atoms with Crippen LogP contribution >= 0.6 is 0 Å². The summed E-state index contributed by atoms with van der Waals surface area (Å²) >= 11 is 0. The molecule has 0 heterocycles. The monoisotopic (exact) mass is 390 g/mol. The van der Waals surface area contributed by atoms with E-state index in [1.54, 1.807) is 0 Å². The van der Waals surface area contributed by atoms with Crippen LogP contribution in [0.15, 0.2) is 18.2 Å². The molecular formula is C23H34O5. The van der Waals surface area contributed by atoms with Crippen LogP contribution < -0.4 is 4.74 Å². The van der Waals surface area contributed by atoms with E-state index < -0.39 is 5.97 Å². The van der Waals surface area contributed by atoms with Crippen molar-refractivity contribution in [3.63, 3.8) is 0 Å². The molecule has 3 rings (SSSR count). The molecule has 0 bridgehead atoms. The van der Waals surface area contributed by atoms with E-state index in [2.05, 4.69) is 13.0 Å². The average Bonchev–Trinajstić information content (AvgIpc) is 2.97. The summed E-state index contributed by atoms with van der Waals surface area (Å²) < 4.78 is 5.50. The van der Waals surface area contributed by atoms with Crippen molar-refractivity contribution in [2.75, 3.05) is 6.61 Å². The third-order valence-corrected chi connectivity index (χ3v) is 6.67. The Bertz CT molecular complexity index is 658. The first kappa shape index (κ1) is 21.1. The second-order valence-corrected chi connectivity index (χ2v) is 8.60. The fraction of sp³-hybridized carbons (Fsp3) is 0.696. The molecule has 156 valence electrons. The van der Waals surface area contributed by atoms with Gasteiger partial charge in [-0.3, -0.25) is 0 Å². The van der Waals surface area contributed by atoms with Gasteiger partial charge in [-0.25, -0.2) is 4.79 Å². The zero-order chi connectivity index (χ0) is 20.1. The second-order valence-electron chi connectivity index (χ2n) is 8.60. The minimum absolute atomic E-state index is 0.238. The van der Waals surface area contributed by atoms with E-state index in [1.165, 1.54) is 5.56 Å². The second kappa shape index (κ2) is 9.75. The van der Waals surface area contributed by atoms with E-state index in [4.69, 9.17) is 9.84 Å². The number of hydrogen-bond donors (Lipinski definition) is 3. The van der Waals surface area contributed by atoms with Gasteiger partial charge >= 0.3 is 5.97 Å². The van der Waals surface area contributed by atoms with Crippen LogP contribution in [-0.4, -0.2) is 40.1 Å². The molecule has 2 unspecified atom stereocenters. The number of hydrogen-bond acceptors (Lipinski definition) is 4. The van der Waals surface area contributed by atoms with Gasteiger partial charge in [0, 0.05) is 0 Å². The van der Waals surface area contributed by atoms with Gasteiger partial charge in [0.05, 0.1) is 12.2 Å². The molecule has 1 fully saturated rings. The number of aliphatic hydroxyl groups is 2. The summed E-state index contributed by atoms with van der Waals surface area (Å²) in [5.74, 6) is 0.768. The predicted octanol–water partition coefficient (Wildman–Crippen LogP) is 3.58. The molecule has 0 amide bonds. The van der Waals surface area contributed by atoms with E-state index in [1.807, 2.05) is 12.1 Å². The Kier molecular flexibility index (Phi) is 7.36. The van der Waals surface area contributed by atoms with Crippen molar-refractivity contribution < 1.29 is 24.9 Å². The molecule has 3 N–H and O–H groups in total. The highest BCUT2D eigenvalue weighted by Gasteiger charge is 2.44. The molecule has 1 aromatic carbocycles. The zero-order valence-corrected chi connectivity index (χ0v) is 16.8. The lowest BCUT2D eigenvalue weighted by Gasteiger charge is -2.32. The normalized spacial score (nSPS) is 27.1. The van der Waals surface area contributed by atoms with Crippen molar-refractivity contribution in [1.82, 2.24) is 0 Å². The van der Waals surface area contributed by atoms with Crippen LogP contribution in [0.2, 0.25) is 0 Å². The molecule has 5 heteroatoms. The van der Waals surface area contributed by atoms with Crippen LogP contribution in [-0.2, 0) is 17.6 Å². The number of fused-ring (bicyclic) bond motifs is 2. The smallest absolute Gasteiger partial charge is 0.341 e. The molecule has 0 aromatic heterocycles. The molecule has 0 spiro atoms. The number of aliphatic carboxylic acids is 1. The lowest BCUT2D eigenvalue weighted by atomic mass is 9.73. The SMILES string of the molecule is CCCCCC(O)CC[C@H]1[C@H](O)CC2Cc3c(cccc3OCC(=O)O)C[C@@H]21. The summed E-state index contributed by atoms with van der Waals surface area (Å²) in [6, 6.07) is 5.87. The van der Waals surface area contributed by atoms with Gasteiger partial charge in [-0.15, -0.1) is 0 Å². The molecule has 5 atom stereocenters. The first-order valence-electron chi connectivity index (χ1n) is 10.8. The number of carboxylic acid groups (broad SMARTS) is 1. The maximum absolute atomic E-state index is 10.8. The van der Waals surface area contributed by atoms with Crippen molar-refractivity contribution in [2.45, 2.75) is 76.9 Å². The molecular weight excluding hydrogens is 356 g/mol. The van der Waals surface area contributed by atoms with Gasteiger partial charge in [-0.2, -0.15) is 0 Å². The fourth-order valence-corrected chi connectivity index (χ4v) is 5.24. The van der Waals surface area contributed by atoms with Crippen molar-refractivity contribution in [3.05, 3.63) is 29.3 Å². The highest BCUT2D eigenvalue weighted by atomic mass is 16.5. The number of carboxylic acids is 1. The number of ether oxygens (including phenoxy) is 1. The standard InChI is InChI=1S/C23H34O5/c1-2-3-4-7-17(24)9-10-18-19-11-15-6-5-8-22(28-14-23(26)27)20(15)12-16(19)13-21(18)25/h5-6,8,16-19,21,24-25H,2-4,7,9-14H2,1H3,(H,26,27)/t16?,17?,18-,19+,21-/m1/s1. The number of carbonyl (C=O) groups is 1. The molecule has 1 saturated carbocycles. The van der Waals surface area contributed by atoms with Crippen molar-refractivity contribution in [3.8, 4) is 5.75 Å². The van der Waals surface area contributed by atoms with Gasteiger partial charge in [0.1, 0.15) is 5.75 Å². The first-order chi connectivity index (χ1) is 13.5. The Morgan fingerprint density at radius 2 is 2.07 bits per heavy atom. The third-order valence-electron chi connectivity index (χ3n) is 6.67. The predicted molar refractivity (Wildman–Crippen MR) is 107 cm³/mol. The quantitative estimate of drug-likeness (QED) is 0.532. The largest absolute Gasteiger partial charge is 0.482 e. The maximum atomic E-state index is 10.8.